The molecule has 0 saturated carbocycles. The second-order valence-electron chi connectivity index (χ2n) is 7.32. The van der Waals surface area contributed by atoms with Crippen LogP contribution in [-0.4, -0.2) is 39.3 Å². The van der Waals surface area contributed by atoms with Gasteiger partial charge >= 0.3 is 0 Å². The van der Waals surface area contributed by atoms with E-state index in [1.54, 1.807) is 12.1 Å². The van der Waals surface area contributed by atoms with E-state index in [1.165, 1.54) is 0 Å². The average molecular weight is 364 g/mol. The molecular weight excluding hydrogens is 340 g/mol. The minimum atomic E-state index is 0.0252. The summed E-state index contributed by atoms with van der Waals surface area (Å²) in [5, 5.41) is 0. The van der Waals surface area contributed by atoms with E-state index in [0.29, 0.717) is 36.9 Å². The number of pyridine rings is 1. The minimum Gasteiger partial charge on any atom is -0.487 e. The van der Waals surface area contributed by atoms with E-state index >= 15 is 0 Å². The maximum absolute atomic E-state index is 12.6. The van der Waals surface area contributed by atoms with Crippen LogP contribution in [0.5, 0.6) is 5.75 Å². The maximum atomic E-state index is 12.6. The van der Waals surface area contributed by atoms with E-state index in [9.17, 15) is 4.79 Å². The molecular formula is C21H24N4O2. The molecule has 3 aromatic rings. The van der Waals surface area contributed by atoms with Gasteiger partial charge in [-0.25, -0.2) is 4.98 Å². The van der Waals surface area contributed by atoms with Crippen LogP contribution in [0.2, 0.25) is 0 Å². The summed E-state index contributed by atoms with van der Waals surface area (Å²) in [6, 6.07) is 11.4. The van der Waals surface area contributed by atoms with Gasteiger partial charge in [0.2, 0.25) is 0 Å². The Morgan fingerprint density at radius 2 is 2.04 bits per heavy atom. The molecule has 6 heteroatoms. The molecule has 1 amide bonds. The van der Waals surface area contributed by atoms with Gasteiger partial charge in [-0.1, -0.05) is 13.0 Å². The minimum absolute atomic E-state index is 0.0252. The number of nitrogens with zero attached hydrogens (tertiary/aromatic N) is 3. The van der Waals surface area contributed by atoms with E-state index in [4.69, 9.17) is 10.5 Å². The molecule has 0 spiro atoms. The highest BCUT2D eigenvalue weighted by molar-refractivity contribution is 5.94. The van der Waals surface area contributed by atoms with Gasteiger partial charge in [0, 0.05) is 37.1 Å². The number of fused-ring (bicyclic) bond motifs is 1. The third-order valence-electron chi connectivity index (χ3n) is 5.17. The fraction of sp³-hybridized carbons (Fsp3) is 0.333. The highest BCUT2D eigenvalue weighted by Gasteiger charge is 2.30. The lowest BCUT2D eigenvalue weighted by Gasteiger charge is -2.16. The van der Waals surface area contributed by atoms with Gasteiger partial charge < -0.3 is 19.8 Å². The van der Waals surface area contributed by atoms with Gasteiger partial charge in [0.05, 0.1) is 5.69 Å². The zero-order chi connectivity index (χ0) is 19.0. The Hall–Kier alpha value is -2.86. The number of hydrogen-bond acceptors (Lipinski definition) is 4. The first-order valence-electron chi connectivity index (χ1n) is 9.22. The number of hydrogen-bond donors (Lipinski definition) is 1. The molecule has 2 N–H and O–H groups in total. The summed E-state index contributed by atoms with van der Waals surface area (Å²) in [4.78, 5) is 19.0. The largest absolute Gasteiger partial charge is 0.487 e. The third kappa shape index (κ3) is 3.53. The van der Waals surface area contributed by atoms with Crippen molar-refractivity contribution in [3.63, 3.8) is 0 Å². The molecule has 1 aliphatic rings. The molecule has 4 rings (SSSR count). The molecule has 2 atom stereocenters. The van der Waals surface area contributed by atoms with E-state index in [2.05, 4.69) is 11.9 Å². The van der Waals surface area contributed by atoms with Crippen molar-refractivity contribution in [3.05, 3.63) is 65.6 Å². The summed E-state index contributed by atoms with van der Waals surface area (Å²) in [5.41, 5.74) is 9.61. The first-order valence-corrected chi connectivity index (χ1v) is 9.22. The molecule has 6 nitrogen and oxygen atoms in total. The number of benzene rings is 1. The Labute approximate surface area is 158 Å². The number of aromatic nitrogens is 2. The smallest absolute Gasteiger partial charge is 0.253 e. The number of carbonyl (C=O) groups is 1. The lowest BCUT2D eigenvalue weighted by Crippen LogP contribution is -2.32. The van der Waals surface area contributed by atoms with Gasteiger partial charge in [-0.2, -0.15) is 0 Å². The predicted molar refractivity (Wildman–Crippen MR) is 104 cm³/mol. The number of amides is 1. The molecule has 2 aromatic heterocycles. The van der Waals surface area contributed by atoms with Gasteiger partial charge in [-0.3, -0.25) is 4.79 Å². The van der Waals surface area contributed by atoms with Crippen molar-refractivity contribution >= 4 is 11.6 Å². The summed E-state index contributed by atoms with van der Waals surface area (Å²) in [6.45, 7) is 5.83. The number of rotatable bonds is 4. The standard InChI is InChI=1S/C21H24N4O2/c1-14-4-3-9-24-11-17(23-20(14)24)13-27-18-7-5-16(6-8-18)21(26)25-10-15(2)19(22)12-25/h3-9,11,15,19H,10,12-13,22H2,1-2H3. The number of ether oxygens (including phenoxy) is 1. The van der Waals surface area contributed by atoms with E-state index < -0.39 is 0 Å². The molecule has 1 aromatic carbocycles. The van der Waals surface area contributed by atoms with Crippen molar-refractivity contribution in [1.29, 1.82) is 0 Å². The van der Waals surface area contributed by atoms with Crippen LogP contribution in [0.4, 0.5) is 0 Å². The second kappa shape index (κ2) is 7.04. The zero-order valence-corrected chi connectivity index (χ0v) is 15.6. The molecule has 1 saturated heterocycles. The molecule has 0 aliphatic carbocycles. The first-order chi connectivity index (χ1) is 13.0. The van der Waals surface area contributed by atoms with E-state index in [1.807, 2.05) is 52.9 Å². The molecule has 3 heterocycles. The lowest BCUT2D eigenvalue weighted by molar-refractivity contribution is 0.0787. The Kier molecular flexibility index (Phi) is 4.58. The molecule has 140 valence electrons. The van der Waals surface area contributed by atoms with Gasteiger partial charge in [-0.15, -0.1) is 0 Å². The predicted octanol–water partition coefficient (Wildman–Crippen LogP) is 2.64. The topological polar surface area (TPSA) is 72.9 Å². The van der Waals surface area contributed by atoms with E-state index in [-0.39, 0.29) is 11.9 Å². The van der Waals surface area contributed by atoms with Crippen molar-refractivity contribution in [2.24, 2.45) is 11.7 Å². The van der Waals surface area contributed by atoms with Gasteiger partial charge in [0.15, 0.2) is 0 Å². The van der Waals surface area contributed by atoms with Crippen LogP contribution >= 0.6 is 0 Å². The van der Waals surface area contributed by atoms with Crippen LogP contribution in [-0.2, 0) is 6.61 Å². The van der Waals surface area contributed by atoms with Crippen LogP contribution in [0.3, 0.4) is 0 Å². The molecule has 1 fully saturated rings. The summed E-state index contributed by atoms with van der Waals surface area (Å²) in [7, 11) is 0. The van der Waals surface area contributed by atoms with Crippen LogP contribution in [0.1, 0.15) is 28.5 Å². The lowest BCUT2D eigenvalue weighted by atomic mass is 10.1. The van der Waals surface area contributed by atoms with Crippen LogP contribution in [0, 0.1) is 12.8 Å². The van der Waals surface area contributed by atoms with Gasteiger partial charge in [0.25, 0.3) is 5.91 Å². The highest BCUT2D eigenvalue weighted by atomic mass is 16.5. The number of aryl methyl sites for hydroxylation is 1. The molecule has 0 bridgehead atoms. The van der Waals surface area contributed by atoms with Crippen LogP contribution in [0.25, 0.3) is 5.65 Å². The summed E-state index contributed by atoms with van der Waals surface area (Å²) in [5.74, 6) is 1.08. The fourth-order valence-corrected chi connectivity index (χ4v) is 3.47. The monoisotopic (exact) mass is 364 g/mol. The first kappa shape index (κ1) is 17.5. The zero-order valence-electron chi connectivity index (χ0n) is 15.6. The van der Waals surface area contributed by atoms with Gasteiger partial charge in [-0.05, 0) is 48.7 Å². The second-order valence-corrected chi connectivity index (χ2v) is 7.32. The highest BCUT2D eigenvalue weighted by Crippen LogP contribution is 2.20. The van der Waals surface area contributed by atoms with Crippen molar-refractivity contribution in [3.8, 4) is 5.75 Å². The van der Waals surface area contributed by atoms with Crippen molar-refractivity contribution in [1.82, 2.24) is 14.3 Å². The fourth-order valence-electron chi connectivity index (χ4n) is 3.47. The molecule has 2 unspecified atom stereocenters. The van der Waals surface area contributed by atoms with E-state index in [0.717, 1.165) is 16.9 Å². The molecule has 0 radical (unpaired) electrons. The summed E-state index contributed by atoms with van der Waals surface area (Å²) < 4.78 is 7.83. The molecule has 27 heavy (non-hydrogen) atoms. The Balaban J connectivity index is 1.40. The number of carbonyl (C=O) groups excluding carboxylic acids is 1. The normalized spacial score (nSPS) is 19.6. The SMILES string of the molecule is Cc1cccn2cc(COc3ccc(C(=O)N4CC(C)C(N)C4)cc3)nc12. The summed E-state index contributed by atoms with van der Waals surface area (Å²) in [6.07, 6.45) is 3.95. The number of nitrogens with two attached hydrogens (primary N) is 1. The average Bonchev–Trinajstić information content (AvgIpc) is 3.24. The van der Waals surface area contributed by atoms with Crippen molar-refractivity contribution in [2.45, 2.75) is 26.5 Å². The third-order valence-corrected chi connectivity index (χ3v) is 5.17. The van der Waals surface area contributed by atoms with Crippen LogP contribution in [0.15, 0.2) is 48.8 Å². The number of likely N-dealkylation sites (tertiary alicyclic amines) is 1. The van der Waals surface area contributed by atoms with Crippen molar-refractivity contribution < 1.29 is 9.53 Å². The van der Waals surface area contributed by atoms with Gasteiger partial charge in [0.1, 0.15) is 18.0 Å². The number of imidazole rings is 1. The quantitative estimate of drug-likeness (QED) is 0.772. The van der Waals surface area contributed by atoms with Crippen molar-refractivity contribution in [2.75, 3.05) is 13.1 Å². The summed E-state index contributed by atoms with van der Waals surface area (Å²) >= 11 is 0. The van der Waals surface area contributed by atoms with Crippen LogP contribution < -0.4 is 10.5 Å². The maximum Gasteiger partial charge on any atom is 0.253 e. The Bertz CT molecular complexity index is 954. The Morgan fingerprint density at radius 1 is 1.26 bits per heavy atom. The Morgan fingerprint density at radius 3 is 2.70 bits per heavy atom. The molecule has 1 aliphatic heterocycles.